The van der Waals surface area contributed by atoms with E-state index >= 15 is 0 Å². The van der Waals surface area contributed by atoms with E-state index in [1.165, 1.54) is 17.4 Å². The van der Waals surface area contributed by atoms with E-state index in [2.05, 4.69) is 39.3 Å². The number of carbonyl (C=O) groups is 1. The van der Waals surface area contributed by atoms with E-state index in [1.807, 2.05) is 18.5 Å². The maximum absolute atomic E-state index is 12.8. The largest absolute Gasteiger partial charge is 0.322 e. The Bertz CT molecular complexity index is 1040. The van der Waals surface area contributed by atoms with E-state index in [0.717, 1.165) is 35.5 Å². The highest BCUT2D eigenvalue weighted by atomic mass is 32.1. The molecule has 6 nitrogen and oxygen atoms in total. The number of rotatable bonds is 2. The van der Waals surface area contributed by atoms with Crippen molar-refractivity contribution in [1.29, 1.82) is 0 Å². The summed E-state index contributed by atoms with van der Waals surface area (Å²) in [4.78, 5) is 18.0. The highest BCUT2D eigenvalue weighted by Gasteiger charge is 2.34. The molecular formula is C21H23N5OS. The van der Waals surface area contributed by atoms with Crippen LogP contribution in [0.15, 0.2) is 24.5 Å². The van der Waals surface area contributed by atoms with Crippen molar-refractivity contribution in [2.24, 2.45) is 5.92 Å². The fourth-order valence-electron chi connectivity index (χ4n) is 4.23. The summed E-state index contributed by atoms with van der Waals surface area (Å²) in [5.74, 6) is 7.14. The lowest BCUT2D eigenvalue weighted by Gasteiger charge is -2.45. The molecule has 2 aromatic heterocycles. The van der Waals surface area contributed by atoms with Gasteiger partial charge in [0, 0.05) is 48.0 Å². The Hall–Kier alpha value is -2.56. The number of carbonyl (C=O) groups excluding carboxylic acids is 1. The maximum atomic E-state index is 12.8. The van der Waals surface area contributed by atoms with Crippen LogP contribution in [0.25, 0.3) is 12.3 Å². The number of urea groups is 1. The van der Waals surface area contributed by atoms with Gasteiger partial charge >= 0.3 is 6.03 Å². The van der Waals surface area contributed by atoms with Crippen LogP contribution >= 0.6 is 11.3 Å². The van der Waals surface area contributed by atoms with Crippen LogP contribution in [0.2, 0.25) is 0 Å². The van der Waals surface area contributed by atoms with Crippen molar-refractivity contribution in [3.63, 3.8) is 0 Å². The molecular weight excluding hydrogens is 370 g/mol. The number of nitrogens with zero attached hydrogens (tertiary/aromatic N) is 4. The van der Waals surface area contributed by atoms with Gasteiger partial charge in [0.25, 0.3) is 0 Å². The van der Waals surface area contributed by atoms with Gasteiger partial charge in [-0.15, -0.1) is 11.3 Å². The molecule has 2 amide bonds. The molecule has 2 bridgehead atoms. The van der Waals surface area contributed by atoms with Gasteiger partial charge < -0.3 is 5.32 Å². The number of hydrogen-bond donors (Lipinski definition) is 1. The van der Waals surface area contributed by atoms with E-state index in [4.69, 9.17) is 0 Å². The number of nitrogens with one attached hydrogen (secondary N) is 1. The van der Waals surface area contributed by atoms with E-state index in [1.54, 1.807) is 27.1 Å². The minimum absolute atomic E-state index is 0.00281. The molecule has 6 rings (SSSR count). The molecule has 1 atom stereocenters. The molecule has 4 aliphatic heterocycles. The standard InChI is InChI=1S/C21H23N5OS/c27-21(23-20-13-16-4-10-24(20)11-5-16)25-12-6-19-17(15-25)14-18(28-19)3-1-8-26-9-2-7-22-26/h2,6-7,9,14-16,20H,4-5,8,10-13H2,(H,23,27). The molecule has 7 heteroatoms. The Morgan fingerprint density at radius 3 is 3.00 bits per heavy atom. The van der Waals surface area contributed by atoms with E-state index in [0.29, 0.717) is 13.1 Å². The van der Waals surface area contributed by atoms with Gasteiger partial charge in [-0.2, -0.15) is 5.10 Å². The number of aromatic nitrogens is 2. The number of hydrogen-bond acceptors (Lipinski definition) is 4. The Morgan fingerprint density at radius 1 is 1.36 bits per heavy atom. The van der Waals surface area contributed by atoms with E-state index in [-0.39, 0.29) is 12.2 Å². The van der Waals surface area contributed by atoms with E-state index < -0.39 is 0 Å². The minimum atomic E-state index is -0.00281. The molecule has 0 aromatic carbocycles. The third-order valence-electron chi connectivity index (χ3n) is 5.77. The highest BCUT2D eigenvalue weighted by Crippen LogP contribution is 2.30. The van der Waals surface area contributed by atoms with Crippen molar-refractivity contribution in [3.8, 4) is 11.8 Å². The number of thiophene rings is 1. The maximum Gasteiger partial charge on any atom is 0.322 e. The molecule has 0 saturated carbocycles. The van der Waals surface area contributed by atoms with Gasteiger partial charge in [0.2, 0.25) is 0 Å². The first-order valence-corrected chi connectivity index (χ1v) is 10.7. The zero-order valence-electron chi connectivity index (χ0n) is 15.7. The normalized spacial score (nSPS) is 25.1. The molecule has 3 fully saturated rings. The highest BCUT2D eigenvalue weighted by molar-refractivity contribution is 7.10. The van der Waals surface area contributed by atoms with Crippen molar-refractivity contribution in [3.05, 3.63) is 39.2 Å². The summed E-state index contributed by atoms with van der Waals surface area (Å²) in [6.07, 6.45) is 11.6. The zero-order valence-corrected chi connectivity index (χ0v) is 16.5. The van der Waals surface area contributed by atoms with Crippen LogP contribution in [0.4, 0.5) is 4.79 Å². The molecule has 1 N–H and O–H groups in total. The van der Waals surface area contributed by atoms with Gasteiger partial charge in [0.15, 0.2) is 0 Å². The molecule has 144 valence electrons. The van der Waals surface area contributed by atoms with Crippen molar-refractivity contribution in [2.75, 3.05) is 19.6 Å². The third-order valence-corrected chi connectivity index (χ3v) is 6.83. The molecule has 4 aliphatic rings. The molecule has 0 radical (unpaired) electrons. The van der Waals surface area contributed by atoms with Crippen LogP contribution in [-0.2, 0) is 6.54 Å². The minimum Gasteiger partial charge on any atom is -0.322 e. The second kappa shape index (κ2) is 7.46. The molecule has 2 aromatic rings. The molecule has 1 unspecified atom stereocenters. The van der Waals surface area contributed by atoms with Crippen LogP contribution in [-0.4, -0.2) is 51.4 Å². The quantitative estimate of drug-likeness (QED) is 0.774. The zero-order chi connectivity index (χ0) is 18.9. The fraction of sp³-hybridized carbons (Fsp3) is 0.429. The SMILES string of the molecule is O=C(NC1CC2CCN1CC2)N1C=c2cc(C#CCn3cccn3)sc2=CC1. The number of amides is 2. The predicted molar refractivity (Wildman–Crippen MR) is 110 cm³/mol. The molecule has 6 heterocycles. The fourth-order valence-corrected chi connectivity index (χ4v) is 5.16. The summed E-state index contributed by atoms with van der Waals surface area (Å²) in [7, 11) is 0. The molecule has 0 aliphatic carbocycles. The monoisotopic (exact) mass is 393 g/mol. The van der Waals surface area contributed by atoms with Gasteiger partial charge in [-0.05, 0) is 43.4 Å². The second-order valence-electron chi connectivity index (χ2n) is 7.60. The van der Waals surface area contributed by atoms with Crippen LogP contribution in [0.1, 0.15) is 24.1 Å². The third kappa shape index (κ3) is 3.58. The van der Waals surface area contributed by atoms with Gasteiger partial charge in [0.1, 0.15) is 6.54 Å². The van der Waals surface area contributed by atoms with Gasteiger partial charge in [0.05, 0.1) is 11.0 Å². The Morgan fingerprint density at radius 2 is 2.25 bits per heavy atom. The van der Waals surface area contributed by atoms with Crippen molar-refractivity contribution in [2.45, 2.75) is 32.0 Å². The summed E-state index contributed by atoms with van der Waals surface area (Å²) in [6.45, 7) is 3.41. The lowest BCUT2D eigenvalue weighted by molar-refractivity contribution is 0.0356. The molecule has 28 heavy (non-hydrogen) atoms. The lowest BCUT2D eigenvalue weighted by atomic mass is 9.86. The summed E-state index contributed by atoms with van der Waals surface area (Å²) in [5.41, 5.74) is 0. The average molecular weight is 394 g/mol. The van der Waals surface area contributed by atoms with Crippen molar-refractivity contribution < 1.29 is 4.79 Å². The second-order valence-corrected chi connectivity index (χ2v) is 8.69. The van der Waals surface area contributed by atoms with Crippen molar-refractivity contribution >= 4 is 29.6 Å². The summed E-state index contributed by atoms with van der Waals surface area (Å²) in [5, 5.41) is 8.46. The van der Waals surface area contributed by atoms with E-state index in [9.17, 15) is 4.79 Å². The van der Waals surface area contributed by atoms with Gasteiger partial charge in [-0.3, -0.25) is 14.5 Å². The van der Waals surface area contributed by atoms with Crippen LogP contribution in [0, 0.1) is 17.8 Å². The molecule has 0 spiro atoms. The lowest BCUT2D eigenvalue weighted by Crippen LogP contribution is -2.58. The first-order valence-electron chi connectivity index (χ1n) is 9.84. The van der Waals surface area contributed by atoms with Gasteiger partial charge in [-0.1, -0.05) is 11.8 Å². The Labute approximate surface area is 168 Å². The topological polar surface area (TPSA) is 53.4 Å². The Kier molecular flexibility index (Phi) is 4.67. The van der Waals surface area contributed by atoms with Crippen LogP contribution in [0.5, 0.6) is 0 Å². The summed E-state index contributed by atoms with van der Waals surface area (Å²) < 4.78 is 2.99. The smallest absolute Gasteiger partial charge is 0.322 e. The first-order chi connectivity index (χ1) is 13.7. The molecule has 3 saturated heterocycles. The Balaban J connectivity index is 1.26. The summed E-state index contributed by atoms with van der Waals surface area (Å²) in [6, 6.07) is 3.96. The summed E-state index contributed by atoms with van der Waals surface area (Å²) >= 11 is 1.68. The van der Waals surface area contributed by atoms with Crippen molar-refractivity contribution in [1.82, 2.24) is 24.9 Å². The first kappa shape index (κ1) is 17.5. The predicted octanol–water partition coefficient (Wildman–Crippen LogP) is 0.982. The average Bonchev–Trinajstić information content (AvgIpc) is 3.37. The van der Waals surface area contributed by atoms with Crippen LogP contribution < -0.4 is 15.1 Å². The number of fused-ring (bicyclic) bond motifs is 4. The van der Waals surface area contributed by atoms with Gasteiger partial charge in [-0.25, -0.2) is 4.79 Å². The number of piperidine rings is 3. The van der Waals surface area contributed by atoms with Crippen LogP contribution in [0.3, 0.4) is 0 Å².